The van der Waals surface area contributed by atoms with Gasteiger partial charge in [0.1, 0.15) is 0 Å². The molecule has 5 nitrogen and oxygen atoms in total. The van der Waals surface area contributed by atoms with Gasteiger partial charge in [-0.15, -0.1) is 0 Å². The van der Waals surface area contributed by atoms with Crippen LogP contribution in [0.15, 0.2) is 42.5 Å². The average molecular weight is 291 g/mol. The van der Waals surface area contributed by atoms with Crippen molar-refractivity contribution < 1.29 is 9.72 Å². The van der Waals surface area contributed by atoms with Crippen LogP contribution in [0.25, 0.3) is 0 Å². The van der Waals surface area contributed by atoms with Crippen molar-refractivity contribution in [3.05, 3.63) is 63.2 Å². The van der Waals surface area contributed by atoms with Crippen LogP contribution in [-0.4, -0.2) is 10.7 Å². The lowest BCUT2D eigenvalue weighted by Gasteiger charge is -2.09. The summed E-state index contributed by atoms with van der Waals surface area (Å²) in [6, 6.07) is 11.1. The first-order valence-electron chi connectivity index (χ1n) is 5.79. The highest BCUT2D eigenvalue weighted by atomic mass is 35.5. The molecule has 20 heavy (non-hydrogen) atoms. The van der Waals surface area contributed by atoms with E-state index < -0.39 is 4.92 Å². The monoisotopic (exact) mass is 290 g/mol. The Kier molecular flexibility index (Phi) is 4.00. The van der Waals surface area contributed by atoms with Gasteiger partial charge in [0.25, 0.3) is 5.69 Å². The van der Waals surface area contributed by atoms with Gasteiger partial charge in [-0.2, -0.15) is 0 Å². The van der Waals surface area contributed by atoms with Crippen LogP contribution in [0.1, 0.15) is 17.3 Å². The molecule has 0 heterocycles. The Labute approximate surface area is 120 Å². The van der Waals surface area contributed by atoms with E-state index in [0.29, 0.717) is 16.9 Å². The molecule has 2 aromatic carbocycles. The molecular formula is C14H11ClN2O3. The minimum Gasteiger partial charge on any atom is -0.354 e. The molecule has 0 saturated carbocycles. The van der Waals surface area contributed by atoms with Crippen molar-refractivity contribution in [1.82, 2.24) is 0 Å². The smallest absolute Gasteiger partial charge is 0.271 e. The number of hydrogen-bond acceptors (Lipinski definition) is 4. The largest absolute Gasteiger partial charge is 0.354 e. The van der Waals surface area contributed by atoms with E-state index in [1.165, 1.54) is 25.1 Å². The van der Waals surface area contributed by atoms with Gasteiger partial charge in [-0.3, -0.25) is 14.9 Å². The molecule has 0 atom stereocenters. The second-order valence-electron chi connectivity index (χ2n) is 4.18. The number of ketones is 1. The number of carbonyl (C=O) groups excluding carboxylic acids is 1. The van der Waals surface area contributed by atoms with Crippen LogP contribution in [-0.2, 0) is 0 Å². The molecular weight excluding hydrogens is 280 g/mol. The maximum atomic E-state index is 11.3. The molecule has 0 aliphatic rings. The van der Waals surface area contributed by atoms with Gasteiger partial charge in [-0.25, -0.2) is 0 Å². The van der Waals surface area contributed by atoms with Gasteiger partial charge in [0.05, 0.1) is 15.6 Å². The van der Waals surface area contributed by atoms with Crippen LogP contribution in [0.5, 0.6) is 0 Å². The number of halogens is 1. The van der Waals surface area contributed by atoms with Crippen LogP contribution in [0, 0.1) is 10.1 Å². The standard InChI is InChI=1S/C14H11ClN2O3/c1-9(18)10-3-2-4-11(7-10)16-14-6-5-12(17(19)20)8-13(14)15/h2-8,16H,1H3. The van der Waals surface area contributed by atoms with E-state index in [2.05, 4.69) is 5.32 Å². The zero-order valence-electron chi connectivity index (χ0n) is 10.6. The first kappa shape index (κ1) is 14.0. The first-order valence-corrected chi connectivity index (χ1v) is 6.17. The molecule has 6 heteroatoms. The minimum absolute atomic E-state index is 0.0385. The molecule has 0 fully saturated rings. The maximum Gasteiger partial charge on any atom is 0.271 e. The third kappa shape index (κ3) is 3.13. The van der Waals surface area contributed by atoms with E-state index in [1.54, 1.807) is 24.3 Å². The number of Topliss-reactive ketones (excluding diaryl/α,β-unsaturated/α-hetero) is 1. The van der Waals surface area contributed by atoms with Crippen molar-refractivity contribution in [2.75, 3.05) is 5.32 Å². The van der Waals surface area contributed by atoms with Crippen molar-refractivity contribution in [2.24, 2.45) is 0 Å². The molecule has 102 valence electrons. The Hall–Kier alpha value is -2.40. The summed E-state index contributed by atoms with van der Waals surface area (Å²) < 4.78 is 0. The van der Waals surface area contributed by atoms with Crippen molar-refractivity contribution in [1.29, 1.82) is 0 Å². The Morgan fingerprint density at radius 2 is 2.00 bits per heavy atom. The lowest BCUT2D eigenvalue weighted by atomic mass is 10.1. The molecule has 0 aromatic heterocycles. The molecule has 0 aliphatic heterocycles. The summed E-state index contributed by atoms with van der Waals surface area (Å²) in [5.74, 6) is -0.0385. The summed E-state index contributed by atoms with van der Waals surface area (Å²) in [6.45, 7) is 1.48. The van der Waals surface area contributed by atoms with Gasteiger partial charge in [-0.05, 0) is 25.1 Å². The van der Waals surface area contributed by atoms with Crippen molar-refractivity contribution in [3.8, 4) is 0 Å². The predicted molar refractivity (Wildman–Crippen MR) is 77.8 cm³/mol. The molecule has 0 radical (unpaired) electrons. The van der Waals surface area contributed by atoms with Crippen molar-refractivity contribution >= 4 is 34.4 Å². The summed E-state index contributed by atoms with van der Waals surface area (Å²) in [7, 11) is 0. The average Bonchev–Trinajstić information content (AvgIpc) is 2.41. The van der Waals surface area contributed by atoms with Crippen LogP contribution in [0.3, 0.4) is 0 Å². The highest BCUT2D eigenvalue weighted by Crippen LogP contribution is 2.29. The normalized spacial score (nSPS) is 10.1. The lowest BCUT2D eigenvalue weighted by Crippen LogP contribution is -1.96. The van der Waals surface area contributed by atoms with Gasteiger partial charge < -0.3 is 5.32 Å². The van der Waals surface area contributed by atoms with Crippen molar-refractivity contribution in [2.45, 2.75) is 6.92 Å². The Balaban J connectivity index is 2.28. The number of rotatable bonds is 4. The number of anilines is 2. The van der Waals surface area contributed by atoms with E-state index in [-0.39, 0.29) is 16.5 Å². The molecule has 2 aromatic rings. The van der Waals surface area contributed by atoms with Gasteiger partial charge >= 0.3 is 0 Å². The van der Waals surface area contributed by atoms with E-state index in [9.17, 15) is 14.9 Å². The molecule has 2 rings (SSSR count). The van der Waals surface area contributed by atoms with Crippen LogP contribution in [0.4, 0.5) is 17.1 Å². The second kappa shape index (κ2) is 5.71. The van der Waals surface area contributed by atoms with Gasteiger partial charge in [0, 0.05) is 23.4 Å². The molecule has 0 unspecified atom stereocenters. The quantitative estimate of drug-likeness (QED) is 0.520. The fourth-order valence-corrected chi connectivity index (χ4v) is 1.91. The number of nitro benzene ring substituents is 1. The highest BCUT2D eigenvalue weighted by molar-refractivity contribution is 6.33. The Morgan fingerprint density at radius 3 is 2.60 bits per heavy atom. The number of hydrogen-bond donors (Lipinski definition) is 1. The summed E-state index contributed by atoms with van der Waals surface area (Å²) in [6.07, 6.45) is 0. The number of benzene rings is 2. The number of nitrogens with one attached hydrogen (secondary N) is 1. The molecule has 1 N–H and O–H groups in total. The van der Waals surface area contributed by atoms with E-state index in [4.69, 9.17) is 11.6 Å². The summed E-state index contributed by atoms with van der Waals surface area (Å²) in [5, 5.41) is 13.9. The fraction of sp³-hybridized carbons (Fsp3) is 0.0714. The summed E-state index contributed by atoms with van der Waals surface area (Å²) in [4.78, 5) is 21.4. The SMILES string of the molecule is CC(=O)c1cccc(Nc2ccc([N+](=O)[O-])cc2Cl)c1. The first-order chi connectivity index (χ1) is 9.47. The van der Waals surface area contributed by atoms with Crippen LogP contribution >= 0.6 is 11.6 Å². The molecule has 0 bridgehead atoms. The van der Waals surface area contributed by atoms with E-state index in [0.717, 1.165) is 0 Å². The van der Waals surface area contributed by atoms with E-state index >= 15 is 0 Å². The Morgan fingerprint density at radius 1 is 1.25 bits per heavy atom. The number of carbonyl (C=O) groups is 1. The van der Waals surface area contributed by atoms with Gasteiger partial charge in [0.2, 0.25) is 0 Å². The van der Waals surface area contributed by atoms with Crippen LogP contribution in [0.2, 0.25) is 5.02 Å². The second-order valence-corrected chi connectivity index (χ2v) is 4.59. The summed E-state index contributed by atoms with van der Waals surface area (Å²) >= 11 is 5.99. The molecule has 0 spiro atoms. The van der Waals surface area contributed by atoms with Gasteiger partial charge in [-0.1, -0.05) is 23.7 Å². The number of non-ortho nitro benzene ring substituents is 1. The van der Waals surface area contributed by atoms with Crippen molar-refractivity contribution in [3.63, 3.8) is 0 Å². The third-order valence-electron chi connectivity index (χ3n) is 2.71. The maximum absolute atomic E-state index is 11.3. The number of nitrogens with zero attached hydrogens (tertiary/aromatic N) is 1. The zero-order valence-corrected chi connectivity index (χ0v) is 11.3. The Bertz CT molecular complexity index is 686. The third-order valence-corrected chi connectivity index (χ3v) is 3.02. The minimum atomic E-state index is -0.508. The highest BCUT2D eigenvalue weighted by Gasteiger charge is 2.10. The predicted octanol–water partition coefficient (Wildman–Crippen LogP) is 4.19. The fourth-order valence-electron chi connectivity index (χ4n) is 1.69. The zero-order chi connectivity index (χ0) is 14.7. The number of nitro groups is 1. The topological polar surface area (TPSA) is 72.2 Å². The van der Waals surface area contributed by atoms with Gasteiger partial charge in [0.15, 0.2) is 5.78 Å². The van der Waals surface area contributed by atoms with E-state index in [1.807, 2.05) is 0 Å². The molecule has 0 amide bonds. The summed E-state index contributed by atoms with van der Waals surface area (Å²) in [5.41, 5.74) is 1.73. The molecule has 0 saturated heterocycles. The lowest BCUT2D eigenvalue weighted by molar-refractivity contribution is -0.384. The van der Waals surface area contributed by atoms with Crippen LogP contribution < -0.4 is 5.32 Å². The molecule has 0 aliphatic carbocycles.